The van der Waals surface area contributed by atoms with E-state index in [0.29, 0.717) is 23.7 Å². The highest BCUT2D eigenvalue weighted by molar-refractivity contribution is 9.10. The van der Waals surface area contributed by atoms with Crippen molar-refractivity contribution in [3.05, 3.63) is 56.5 Å². The lowest BCUT2D eigenvalue weighted by Crippen LogP contribution is -2.19. The molecule has 7 heteroatoms. The Morgan fingerprint density at radius 1 is 1.17 bits per heavy atom. The predicted molar refractivity (Wildman–Crippen MR) is 101 cm³/mol. The minimum Gasteiger partial charge on any atom is -0.496 e. The van der Waals surface area contributed by atoms with E-state index >= 15 is 0 Å². The number of benzene rings is 2. The highest BCUT2D eigenvalue weighted by Gasteiger charge is 2.12. The fourth-order valence-electron chi connectivity index (χ4n) is 1.99. The second kappa shape index (κ2) is 8.84. The van der Waals surface area contributed by atoms with Crippen LogP contribution < -0.4 is 14.9 Å². The molecule has 0 bridgehead atoms. The first-order valence-corrected chi connectivity index (χ1v) is 8.73. The third-order valence-electron chi connectivity index (χ3n) is 3.05. The van der Waals surface area contributed by atoms with Crippen molar-refractivity contribution in [3.63, 3.8) is 0 Å². The summed E-state index contributed by atoms with van der Waals surface area (Å²) in [5.74, 6) is 0.812. The van der Waals surface area contributed by atoms with Crippen LogP contribution in [0.15, 0.2) is 50.4 Å². The Bertz CT molecular complexity index is 763. The quantitative estimate of drug-likeness (QED) is 0.519. The first kappa shape index (κ1) is 18.5. The number of rotatable bonds is 6. The molecule has 0 atom stereocenters. The van der Waals surface area contributed by atoms with Crippen LogP contribution in [-0.2, 0) is 0 Å². The normalized spacial score (nSPS) is 10.7. The summed E-state index contributed by atoms with van der Waals surface area (Å²) < 4.78 is 12.4. The molecular weight excluding hydrogens is 440 g/mol. The third-order valence-corrected chi connectivity index (χ3v) is 4.03. The van der Waals surface area contributed by atoms with Crippen LogP contribution in [0, 0.1) is 0 Å². The summed E-state index contributed by atoms with van der Waals surface area (Å²) in [5.41, 5.74) is 3.65. The minimum atomic E-state index is -0.357. The molecule has 5 nitrogen and oxygen atoms in total. The number of ether oxygens (including phenoxy) is 2. The Hall–Kier alpha value is -1.86. The maximum Gasteiger partial charge on any atom is 0.275 e. The monoisotopic (exact) mass is 454 g/mol. The first-order valence-electron chi connectivity index (χ1n) is 7.14. The molecule has 126 valence electrons. The average molecular weight is 456 g/mol. The van der Waals surface area contributed by atoms with Crippen molar-refractivity contribution in [2.45, 2.75) is 6.92 Å². The number of carbonyl (C=O) groups is 1. The van der Waals surface area contributed by atoms with Crippen molar-refractivity contribution >= 4 is 44.0 Å². The molecule has 0 aliphatic heterocycles. The highest BCUT2D eigenvalue weighted by atomic mass is 79.9. The van der Waals surface area contributed by atoms with Gasteiger partial charge in [0.25, 0.3) is 5.91 Å². The van der Waals surface area contributed by atoms with Crippen molar-refractivity contribution in [2.75, 3.05) is 13.7 Å². The minimum absolute atomic E-state index is 0.357. The lowest BCUT2D eigenvalue weighted by atomic mass is 10.2. The van der Waals surface area contributed by atoms with Gasteiger partial charge in [0.1, 0.15) is 11.5 Å². The Labute approximate surface area is 157 Å². The summed E-state index contributed by atoms with van der Waals surface area (Å²) in [7, 11) is 1.58. The van der Waals surface area contributed by atoms with Crippen LogP contribution in [0.25, 0.3) is 0 Å². The number of amides is 1. The molecule has 0 heterocycles. The Kier molecular flexibility index (Phi) is 6.81. The van der Waals surface area contributed by atoms with Crippen LogP contribution in [0.3, 0.4) is 0 Å². The van der Waals surface area contributed by atoms with Crippen molar-refractivity contribution in [2.24, 2.45) is 5.10 Å². The van der Waals surface area contributed by atoms with Crippen molar-refractivity contribution in [1.82, 2.24) is 5.43 Å². The lowest BCUT2D eigenvalue weighted by Gasteiger charge is -2.09. The van der Waals surface area contributed by atoms with E-state index in [4.69, 9.17) is 9.47 Å². The van der Waals surface area contributed by atoms with Gasteiger partial charge in [0, 0.05) is 14.5 Å². The average Bonchev–Trinajstić information content (AvgIpc) is 2.57. The summed E-state index contributed by atoms with van der Waals surface area (Å²) >= 11 is 6.74. The number of carbonyl (C=O) groups excluding carboxylic acids is 1. The molecule has 1 amide bonds. The summed E-state index contributed by atoms with van der Waals surface area (Å²) in [4.78, 5) is 12.3. The molecule has 24 heavy (non-hydrogen) atoms. The first-order chi connectivity index (χ1) is 11.5. The molecule has 0 radical (unpaired) electrons. The highest BCUT2D eigenvalue weighted by Crippen LogP contribution is 2.24. The second-order valence-electron chi connectivity index (χ2n) is 4.66. The van der Waals surface area contributed by atoms with Gasteiger partial charge in [0.2, 0.25) is 0 Å². The molecule has 0 saturated heterocycles. The molecule has 1 N–H and O–H groups in total. The van der Waals surface area contributed by atoms with E-state index in [1.165, 1.54) is 6.21 Å². The summed E-state index contributed by atoms with van der Waals surface area (Å²) in [6.45, 7) is 2.34. The molecule has 0 aromatic heterocycles. The Morgan fingerprint density at radius 2 is 1.83 bits per heavy atom. The van der Waals surface area contributed by atoms with Crippen molar-refractivity contribution in [1.29, 1.82) is 0 Å². The van der Waals surface area contributed by atoms with E-state index in [1.54, 1.807) is 19.2 Å². The van der Waals surface area contributed by atoms with Crippen LogP contribution in [-0.4, -0.2) is 25.8 Å². The van der Waals surface area contributed by atoms with E-state index in [2.05, 4.69) is 42.4 Å². The van der Waals surface area contributed by atoms with Gasteiger partial charge in [-0.05, 0) is 43.3 Å². The zero-order valence-corrected chi connectivity index (χ0v) is 16.3. The summed E-state index contributed by atoms with van der Waals surface area (Å²) in [6, 6.07) is 10.8. The van der Waals surface area contributed by atoms with E-state index in [0.717, 1.165) is 14.5 Å². The van der Waals surface area contributed by atoms with Gasteiger partial charge in [0.05, 0.1) is 25.5 Å². The molecular formula is C17H16Br2N2O3. The molecule has 0 aliphatic carbocycles. The number of nitrogens with one attached hydrogen (secondary N) is 1. The Balaban J connectivity index is 2.16. The number of nitrogens with zero attached hydrogens (tertiary/aromatic N) is 1. The smallest absolute Gasteiger partial charge is 0.275 e. The Morgan fingerprint density at radius 3 is 2.50 bits per heavy atom. The van der Waals surface area contributed by atoms with Crippen LogP contribution >= 0.6 is 31.9 Å². The van der Waals surface area contributed by atoms with Crippen molar-refractivity contribution < 1.29 is 14.3 Å². The lowest BCUT2D eigenvalue weighted by molar-refractivity contribution is 0.0951. The number of hydrogen-bond acceptors (Lipinski definition) is 4. The fraction of sp³-hybridized carbons (Fsp3) is 0.176. The van der Waals surface area contributed by atoms with E-state index in [-0.39, 0.29) is 5.91 Å². The van der Waals surface area contributed by atoms with Crippen LogP contribution in [0.5, 0.6) is 11.5 Å². The van der Waals surface area contributed by atoms with Gasteiger partial charge < -0.3 is 9.47 Å². The number of halogens is 2. The SMILES string of the molecule is CCOc1ccc(Br)cc1C(=O)N/N=C\c1cc(Br)ccc1OC. The van der Waals surface area contributed by atoms with Gasteiger partial charge >= 0.3 is 0 Å². The van der Waals surface area contributed by atoms with Crippen molar-refractivity contribution in [3.8, 4) is 11.5 Å². The number of hydrazone groups is 1. The zero-order chi connectivity index (χ0) is 17.5. The summed E-state index contributed by atoms with van der Waals surface area (Å²) in [5, 5.41) is 4.00. The van der Waals surface area contributed by atoms with Gasteiger partial charge in [-0.2, -0.15) is 5.10 Å². The van der Waals surface area contributed by atoms with Crippen LogP contribution in [0.1, 0.15) is 22.8 Å². The van der Waals surface area contributed by atoms with Gasteiger partial charge in [0.15, 0.2) is 0 Å². The molecule has 0 unspecified atom stereocenters. The van der Waals surface area contributed by atoms with Crippen LogP contribution in [0.4, 0.5) is 0 Å². The van der Waals surface area contributed by atoms with Gasteiger partial charge in [-0.1, -0.05) is 31.9 Å². The van der Waals surface area contributed by atoms with Gasteiger partial charge in [-0.25, -0.2) is 5.43 Å². The molecule has 0 aliphatic rings. The number of methoxy groups -OCH3 is 1. The topological polar surface area (TPSA) is 59.9 Å². The molecule has 2 aromatic carbocycles. The van der Waals surface area contributed by atoms with Crippen LogP contribution in [0.2, 0.25) is 0 Å². The maximum absolute atomic E-state index is 12.3. The molecule has 0 saturated carbocycles. The zero-order valence-electron chi connectivity index (χ0n) is 13.2. The predicted octanol–water partition coefficient (Wildman–Crippen LogP) is 4.38. The fourth-order valence-corrected chi connectivity index (χ4v) is 2.73. The third kappa shape index (κ3) is 4.82. The molecule has 2 rings (SSSR count). The van der Waals surface area contributed by atoms with Gasteiger partial charge in [-0.3, -0.25) is 4.79 Å². The van der Waals surface area contributed by atoms with E-state index in [9.17, 15) is 4.79 Å². The summed E-state index contributed by atoms with van der Waals surface area (Å²) in [6.07, 6.45) is 1.53. The molecule has 0 spiro atoms. The molecule has 0 fully saturated rings. The second-order valence-corrected chi connectivity index (χ2v) is 6.49. The van der Waals surface area contributed by atoms with Gasteiger partial charge in [-0.15, -0.1) is 0 Å². The standard InChI is InChI=1S/C17H16Br2N2O3/c1-3-24-16-7-5-13(19)9-14(16)17(22)21-20-10-11-8-12(18)4-6-15(11)23-2/h4-10H,3H2,1-2H3,(H,21,22)/b20-10-. The van der Waals surface area contributed by atoms with E-state index < -0.39 is 0 Å². The number of hydrogen-bond donors (Lipinski definition) is 1. The van der Waals surface area contributed by atoms with E-state index in [1.807, 2.05) is 31.2 Å². The molecule has 2 aromatic rings. The largest absolute Gasteiger partial charge is 0.496 e. The maximum atomic E-state index is 12.3.